The lowest BCUT2D eigenvalue weighted by molar-refractivity contribution is -0.925. The van der Waals surface area contributed by atoms with Crippen LogP contribution in [0.1, 0.15) is 12.5 Å². The molecule has 0 aliphatic heterocycles. The van der Waals surface area contributed by atoms with E-state index in [1.54, 1.807) is 7.11 Å². The van der Waals surface area contributed by atoms with Crippen LogP contribution in [0.4, 0.5) is 0 Å². The molecule has 1 aromatic carbocycles. The molecule has 0 fully saturated rings. The third-order valence-corrected chi connectivity index (χ3v) is 3.87. The first-order valence-corrected chi connectivity index (χ1v) is 8.22. The van der Waals surface area contributed by atoms with Gasteiger partial charge in [0.05, 0.1) is 40.0 Å². The molecule has 5 heteroatoms. The van der Waals surface area contributed by atoms with E-state index in [1.807, 2.05) is 18.2 Å². The van der Waals surface area contributed by atoms with Crippen molar-refractivity contribution in [3.05, 3.63) is 35.9 Å². The highest BCUT2D eigenvalue weighted by atomic mass is 16.5. The molecule has 0 aromatic heterocycles. The fraction of sp³-hybridized carbons (Fsp3) is 0.667. The number of ether oxygens (including phenoxy) is 2. The molecule has 1 aromatic rings. The van der Waals surface area contributed by atoms with Gasteiger partial charge in [0.15, 0.2) is 0 Å². The molecule has 2 N–H and O–H groups in total. The Bertz CT molecular complexity index is 415. The molecule has 0 heterocycles. The normalized spacial score (nSPS) is 16.7. The summed E-state index contributed by atoms with van der Waals surface area (Å²) in [4.78, 5) is 0. The Kier molecular flexibility index (Phi) is 9.36. The van der Waals surface area contributed by atoms with Crippen LogP contribution in [0.3, 0.4) is 0 Å². The summed E-state index contributed by atoms with van der Waals surface area (Å²) < 4.78 is 11.2. The molecule has 0 saturated carbocycles. The minimum Gasteiger partial charge on any atom is -0.391 e. The highest BCUT2D eigenvalue weighted by molar-refractivity contribution is 5.13. The SMILES string of the molecule is COCC(O)COCC(C)C[N+](C)(CCO)Cc1ccccc1. The maximum absolute atomic E-state index is 9.59. The van der Waals surface area contributed by atoms with Gasteiger partial charge in [0.1, 0.15) is 19.2 Å². The summed E-state index contributed by atoms with van der Waals surface area (Å²) in [5.74, 6) is 0.338. The van der Waals surface area contributed by atoms with E-state index in [9.17, 15) is 10.2 Å². The first-order chi connectivity index (χ1) is 11.0. The van der Waals surface area contributed by atoms with Gasteiger partial charge in [-0.3, -0.25) is 0 Å². The zero-order chi connectivity index (χ0) is 17.1. The van der Waals surface area contributed by atoms with Crippen LogP contribution in [-0.4, -0.2) is 74.5 Å². The summed E-state index contributed by atoms with van der Waals surface area (Å²) >= 11 is 0. The van der Waals surface area contributed by atoms with Crippen LogP contribution < -0.4 is 0 Å². The fourth-order valence-corrected chi connectivity index (χ4v) is 2.95. The van der Waals surface area contributed by atoms with Crippen molar-refractivity contribution in [2.75, 3.05) is 53.7 Å². The van der Waals surface area contributed by atoms with Crippen LogP contribution in [0.2, 0.25) is 0 Å². The molecule has 0 saturated heterocycles. The average molecular weight is 326 g/mol. The number of quaternary nitrogens is 1. The minimum absolute atomic E-state index is 0.170. The maximum Gasteiger partial charge on any atom is 0.104 e. The lowest BCUT2D eigenvalue weighted by Crippen LogP contribution is -2.48. The van der Waals surface area contributed by atoms with Gasteiger partial charge in [-0.2, -0.15) is 0 Å². The molecule has 1 rings (SSSR count). The lowest BCUT2D eigenvalue weighted by Gasteiger charge is -2.36. The third kappa shape index (κ3) is 8.44. The second-order valence-electron chi connectivity index (χ2n) is 6.64. The molecular weight excluding hydrogens is 294 g/mol. The molecule has 0 radical (unpaired) electrons. The van der Waals surface area contributed by atoms with Gasteiger partial charge in [0, 0.05) is 18.6 Å². The molecule has 3 unspecified atom stereocenters. The van der Waals surface area contributed by atoms with E-state index in [1.165, 1.54) is 5.56 Å². The van der Waals surface area contributed by atoms with Gasteiger partial charge in [-0.25, -0.2) is 0 Å². The Morgan fingerprint density at radius 2 is 1.83 bits per heavy atom. The summed E-state index contributed by atoms with van der Waals surface area (Å²) in [5.41, 5.74) is 1.27. The lowest BCUT2D eigenvalue weighted by atomic mass is 10.1. The molecule has 5 nitrogen and oxygen atoms in total. The van der Waals surface area contributed by atoms with Crippen molar-refractivity contribution in [3.8, 4) is 0 Å². The van der Waals surface area contributed by atoms with E-state index in [4.69, 9.17) is 9.47 Å². The van der Waals surface area contributed by atoms with E-state index in [0.717, 1.165) is 17.6 Å². The quantitative estimate of drug-likeness (QED) is 0.568. The van der Waals surface area contributed by atoms with Crippen molar-refractivity contribution < 1.29 is 24.2 Å². The smallest absolute Gasteiger partial charge is 0.104 e. The zero-order valence-electron chi connectivity index (χ0n) is 14.6. The zero-order valence-corrected chi connectivity index (χ0v) is 14.6. The van der Waals surface area contributed by atoms with E-state index in [0.29, 0.717) is 32.3 Å². The number of aliphatic hydroxyl groups is 2. The van der Waals surface area contributed by atoms with Crippen LogP contribution >= 0.6 is 0 Å². The van der Waals surface area contributed by atoms with E-state index >= 15 is 0 Å². The maximum atomic E-state index is 9.59. The molecule has 132 valence electrons. The second-order valence-corrected chi connectivity index (χ2v) is 6.64. The molecular formula is C18H32NO4+. The van der Waals surface area contributed by atoms with Crippen LogP contribution in [0, 0.1) is 5.92 Å². The summed E-state index contributed by atoms with van der Waals surface area (Å²) in [6.45, 7) is 6.00. The highest BCUT2D eigenvalue weighted by Crippen LogP contribution is 2.15. The number of likely N-dealkylation sites (N-methyl/N-ethyl adjacent to an activating group) is 1. The predicted octanol–water partition coefficient (Wildman–Crippen LogP) is 1.29. The van der Waals surface area contributed by atoms with Gasteiger partial charge < -0.3 is 24.2 Å². The minimum atomic E-state index is -0.574. The van der Waals surface area contributed by atoms with Crippen molar-refractivity contribution in [2.45, 2.75) is 19.6 Å². The number of benzene rings is 1. The number of rotatable bonds is 12. The third-order valence-electron chi connectivity index (χ3n) is 3.87. The molecule has 3 atom stereocenters. The Morgan fingerprint density at radius 3 is 2.43 bits per heavy atom. The van der Waals surface area contributed by atoms with Crippen LogP contribution in [0.5, 0.6) is 0 Å². The van der Waals surface area contributed by atoms with E-state index in [2.05, 4.69) is 26.1 Å². The van der Waals surface area contributed by atoms with Crippen molar-refractivity contribution in [1.82, 2.24) is 0 Å². The van der Waals surface area contributed by atoms with Gasteiger partial charge in [-0.05, 0) is 0 Å². The van der Waals surface area contributed by atoms with Gasteiger partial charge >= 0.3 is 0 Å². The molecule has 0 amide bonds. The Balaban J connectivity index is 2.47. The Hall–Kier alpha value is -0.980. The van der Waals surface area contributed by atoms with E-state index in [-0.39, 0.29) is 6.61 Å². The van der Waals surface area contributed by atoms with Gasteiger partial charge in [0.2, 0.25) is 0 Å². The number of aliphatic hydroxyl groups excluding tert-OH is 2. The monoisotopic (exact) mass is 326 g/mol. The summed E-state index contributed by atoms with van der Waals surface area (Å²) in [5, 5.41) is 19.0. The molecule has 23 heavy (non-hydrogen) atoms. The van der Waals surface area contributed by atoms with E-state index < -0.39 is 6.10 Å². The standard InChI is InChI=1S/C18H32NO4/c1-16(13-23-15-18(21)14-22-3)11-19(2,9-10-20)12-17-7-5-4-6-8-17/h4-8,16,18,20-21H,9-15H2,1-3H3/q+1. The first-order valence-electron chi connectivity index (χ1n) is 8.22. The van der Waals surface area contributed by atoms with Gasteiger partial charge in [0.25, 0.3) is 0 Å². The summed E-state index contributed by atoms with van der Waals surface area (Å²) in [7, 11) is 3.73. The van der Waals surface area contributed by atoms with Crippen molar-refractivity contribution >= 4 is 0 Å². The first kappa shape index (κ1) is 20.1. The average Bonchev–Trinajstić information content (AvgIpc) is 2.48. The summed E-state index contributed by atoms with van der Waals surface area (Å²) in [6, 6.07) is 10.3. The molecule has 0 bridgehead atoms. The topological polar surface area (TPSA) is 58.9 Å². The van der Waals surface area contributed by atoms with Crippen LogP contribution in [0.25, 0.3) is 0 Å². The van der Waals surface area contributed by atoms with Crippen molar-refractivity contribution in [2.24, 2.45) is 5.92 Å². The van der Waals surface area contributed by atoms with Gasteiger partial charge in [-0.1, -0.05) is 37.3 Å². The van der Waals surface area contributed by atoms with Crippen molar-refractivity contribution in [3.63, 3.8) is 0 Å². The second kappa shape index (κ2) is 10.7. The number of hydrogen-bond donors (Lipinski definition) is 2. The number of hydrogen-bond acceptors (Lipinski definition) is 4. The van der Waals surface area contributed by atoms with Crippen LogP contribution in [0.15, 0.2) is 30.3 Å². The molecule has 0 spiro atoms. The molecule has 0 aliphatic rings. The largest absolute Gasteiger partial charge is 0.391 e. The number of nitrogens with zero attached hydrogens (tertiary/aromatic N) is 1. The summed E-state index contributed by atoms with van der Waals surface area (Å²) in [6.07, 6.45) is -0.574. The predicted molar refractivity (Wildman–Crippen MR) is 91.0 cm³/mol. The molecule has 0 aliphatic carbocycles. The Morgan fingerprint density at radius 1 is 1.13 bits per heavy atom. The van der Waals surface area contributed by atoms with Crippen molar-refractivity contribution in [1.29, 1.82) is 0 Å². The van der Waals surface area contributed by atoms with Gasteiger partial charge in [-0.15, -0.1) is 0 Å². The highest BCUT2D eigenvalue weighted by Gasteiger charge is 2.24. The Labute approximate surface area is 140 Å². The van der Waals surface area contributed by atoms with Crippen LogP contribution in [-0.2, 0) is 16.0 Å². The fourth-order valence-electron chi connectivity index (χ4n) is 2.95. The number of methoxy groups -OCH3 is 1.